The fraction of sp³-hybridized carbons (Fsp3) is 0.281. The van der Waals surface area contributed by atoms with E-state index in [0.717, 1.165) is 10.9 Å². The maximum atomic E-state index is 15.7. The molecule has 0 bridgehead atoms. The summed E-state index contributed by atoms with van der Waals surface area (Å²) in [6.45, 7) is 7.26. The minimum absolute atomic E-state index is 0.00374. The molecule has 0 aliphatic carbocycles. The Morgan fingerprint density at radius 2 is 1.85 bits per heavy atom. The maximum Gasteiger partial charge on any atom is 0.407 e. The van der Waals surface area contributed by atoms with Crippen molar-refractivity contribution in [1.29, 1.82) is 5.26 Å². The van der Waals surface area contributed by atoms with E-state index in [1.54, 1.807) is 76.2 Å². The van der Waals surface area contributed by atoms with Gasteiger partial charge in [0.1, 0.15) is 29.4 Å². The van der Waals surface area contributed by atoms with Crippen LogP contribution in [0.4, 0.5) is 9.18 Å². The molecule has 0 spiro atoms. The van der Waals surface area contributed by atoms with Crippen molar-refractivity contribution in [3.8, 4) is 22.9 Å². The lowest BCUT2D eigenvalue weighted by Gasteiger charge is -2.20. The Kier molecular flexibility index (Phi) is 8.93. The number of halogens is 1. The first-order chi connectivity index (χ1) is 19.6. The van der Waals surface area contributed by atoms with Gasteiger partial charge in [-0.1, -0.05) is 24.3 Å². The Bertz CT molecular complexity index is 1610. The largest absolute Gasteiger partial charge is 0.489 e. The van der Waals surface area contributed by atoms with Crippen LogP contribution in [0.1, 0.15) is 49.9 Å². The molecule has 3 aromatic carbocycles. The van der Waals surface area contributed by atoms with Crippen LogP contribution in [-0.2, 0) is 33.8 Å². The SMILES string of the molecule is CCOC(=O)Cc1ccc(C#N)cc1OCc1cc(-c2cccc(CNC(=O)OC(C)(C)C)c2F)c2occc2c1. The summed E-state index contributed by atoms with van der Waals surface area (Å²) in [6, 6.07) is 17.3. The van der Waals surface area contributed by atoms with E-state index in [9.17, 15) is 14.9 Å². The molecule has 1 amide bonds. The normalized spacial score (nSPS) is 11.1. The summed E-state index contributed by atoms with van der Waals surface area (Å²) in [4.78, 5) is 24.2. The van der Waals surface area contributed by atoms with Crippen molar-refractivity contribution in [2.45, 2.75) is 52.9 Å². The molecule has 41 heavy (non-hydrogen) atoms. The average molecular weight is 559 g/mol. The smallest absolute Gasteiger partial charge is 0.407 e. The van der Waals surface area contributed by atoms with Crippen LogP contribution in [0.3, 0.4) is 0 Å². The number of ether oxygens (including phenoxy) is 3. The van der Waals surface area contributed by atoms with Gasteiger partial charge in [0.2, 0.25) is 0 Å². The van der Waals surface area contributed by atoms with Crippen molar-refractivity contribution in [3.05, 3.63) is 88.9 Å². The van der Waals surface area contributed by atoms with Gasteiger partial charge in [0, 0.05) is 34.2 Å². The summed E-state index contributed by atoms with van der Waals surface area (Å²) in [5.41, 5.74) is 2.61. The van der Waals surface area contributed by atoms with Crippen molar-refractivity contribution in [1.82, 2.24) is 5.32 Å². The van der Waals surface area contributed by atoms with Crippen LogP contribution < -0.4 is 10.1 Å². The van der Waals surface area contributed by atoms with Crippen molar-refractivity contribution < 1.29 is 32.6 Å². The minimum Gasteiger partial charge on any atom is -0.489 e. The highest BCUT2D eigenvalue weighted by Crippen LogP contribution is 2.34. The maximum absolute atomic E-state index is 15.7. The van der Waals surface area contributed by atoms with E-state index < -0.39 is 23.5 Å². The van der Waals surface area contributed by atoms with E-state index in [1.807, 2.05) is 6.07 Å². The van der Waals surface area contributed by atoms with Crippen molar-refractivity contribution >= 4 is 23.0 Å². The van der Waals surface area contributed by atoms with Gasteiger partial charge < -0.3 is 23.9 Å². The van der Waals surface area contributed by atoms with Gasteiger partial charge in [0.05, 0.1) is 30.9 Å². The molecule has 0 saturated carbocycles. The van der Waals surface area contributed by atoms with Gasteiger partial charge >= 0.3 is 12.1 Å². The standard InChI is InChI=1S/C32H31FN2O6/c1-5-38-28(36)16-22-10-9-20(17-34)15-27(22)40-19-21-13-23-11-12-39-30(23)26(14-21)25-8-6-7-24(29(25)33)18-35-31(37)41-32(2,3)4/h6-15H,5,16,18-19H2,1-4H3,(H,35,37). The van der Waals surface area contributed by atoms with Gasteiger partial charge in [-0.3, -0.25) is 4.79 Å². The third kappa shape index (κ3) is 7.42. The number of carbonyl (C=O) groups is 2. The van der Waals surface area contributed by atoms with Crippen LogP contribution in [0, 0.1) is 17.1 Å². The number of furan rings is 1. The second kappa shape index (κ2) is 12.6. The zero-order chi connectivity index (χ0) is 29.6. The number of carbonyl (C=O) groups excluding carboxylic acids is 2. The molecular formula is C32H31FN2O6. The van der Waals surface area contributed by atoms with Crippen LogP contribution in [0.15, 0.2) is 65.3 Å². The summed E-state index contributed by atoms with van der Waals surface area (Å²) in [5, 5.41) is 12.7. The molecule has 0 aliphatic rings. The molecule has 0 fully saturated rings. The first-order valence-electron chi connectivity index (χ1n) is 13.1. The number of nitriles is 1. The summed E-state index contributed by atoms with van der Waals surface area (Å²) >= 11 is 0. The molecule has 1 aromatic heterocycles. The molecular weight excluding hydrogens is 527 g/mol. The highest BCUT2D eigenvalue weighted by Gasteiger charge is 2.19. The zero-order valence-electron chi connectivity index (χ0n) is 23.4. The number of fused-ring (bicyclic) bond motifs is 1. The third-order valence-corrected chi connectivity index (χ3v) is 6.03. The number of amides is 1. The van der Waals surface area contributed by atoms with Crippen LogP contribution in [0.25, 0.3) is 22.1 Å². The number of esters is 1. The lowest BCUT2D eigenvalue weighted by Crippen LogP contribution is -2.32. The van der Waals surface area contributed by atoms with Gasteiger partial charge in [-0.2, -0.15) is 5.26 Å². The molecule has 0 aliphatic heterocycles. The Morgan fingerprint density at radius 1 is 1.05 bits per heavy atom. The lowest BCUT2D eigenvalue weighted by atomic mass is 9.98. The Labute approximate surface area is 237 Å². The molecule has 0 saturated heterocycles. The van der Waals surface area contributed by atoms with Crippen molar-refractivity contribution in [2.75, 3.05) is 6.61 Å². The molecule has 4 aromatic rings. The van der Waals surface area contributed by atoms with E-state index in [2.05, 4.69) is 11.4 Å². The summed E-state index contributed by atoms with van der Waals surface area (Å²) in [7, 11) is 0. The summed E-state index contributed by atoms with van der Waals surface area (Å²) in [5.74, 6) is -0.522. The average Bonchev–Trinajstić information content (AvgIpc) is 3.39. The molecule has 9 heteroatoms. The Hall–Kier alpha value is -4.84. The van der Waals surface area contributed by atoms with Crippen molar-refractivity contribution in [2.24, 2.45) is 0 Å². The first-order valence-corrected chi connectivity index (χ1v) is 13.1. The number of alkyl carbamates (subject to hydrolysis) is 1. The van der Waals surface area contributed by atoms with Crippen LogP contribution >= 0.6 is 0 Å². The first kappa shape index (κ1) is 29.2. The van der Waals surface area contributed by atoms with E-state index in [4.69, 9.17) is 18.6 Å². The lowest BCUT2D eigenvalue weighted by molar-refractivity contribution is -0.142. The molecule has 212 valence electrons. The number of benzene rings is 3. The number of nitrogens with zero attached hydrogens (tertiary/aromatic N) is 1. The highest BCUT2D eigenvalue weighted by molar-refractivity contribution is 5.93. The topological polar surface area (TPSA) is 111 Å². The molecule has 0 radical (unpaired) electrons. The monoisotopic (exact) mass is 558 g/mol. The predicted molar refractivity (Wildman–Crippen MR) is 151 cm³/mol. The van der Waals surface area contributed by atoms with E-state index in [-0.39, 0.29) is 31.7 Å². The predicted octanol–water partition coefficient (Wildman–Crippen LogP) is 6.82. The van der Waals surface area contributed by atoms with E-state index in [0.29, 0.717) is 33.6 Å². The quantitative estimate of drug-likeness (QED) is 0.224. The van der Waals surface area contributed by atoms with Gasteiger partial charge in [-0.25, -0.2) is 9.18 Å². The van der Waals surface area contributed by atoms with Crippen LogP contribution in [-0.4, -0.2) is 24.3 Å². The fourth-order valence-corrected chi connectivity index (χ4v) is 4.27. The van der Waals surface area contributed by atoms with Crippen LogP contribution in [0.2, 0.25) is 0 Å². The zero-order valence-corrected chi connectivity index (χ0v) is 23.4. The number of hydrogen-bond donors (Lipinski definition) is 1. The molecule has 1 heterocycles. The summed E-state index contributed by atoms with van der Waals surface area (Å²) in [6.07, 6.45) is 0.881. The Morgan fingerprint density at radius 3 is 2.59 bits per heavy atom. The summed E-state index contributed by atoms with van der Waals surface area (Å²) < 4.78 is 37.8. The molecule has 0 unspecified atom stereocenters. The highest BCUT2D eigenvalue weighted by atomic mass is 19.1. The second-order valence-electron chi connectivity index (χ2n) is 10.3. The van der Waals surface area contributed by atoms with E-state index >= 15 is 4.39 Å². The van der Waals surface area contributed by atoms with Crippen LogP contribution in [0.5, 0.6) is 5.75 Å². The minimum atomic E-state index is -0.673. The number of hydrogen-bond acceptors (Lipinski definition) is 7. The Balaban J connectivity index is 1.61. The van der Waals surface area contributed by atoms with Gasteiger partial charge in [0.15, 0.2) is 0 Å². The number of nitrogens with one attached hydrogen (secondary N) is 1. The fourth-order valence-electron chi connectivity index (χ4n) is 4.27. The second-order valence-corrected chi connectivity index (χ2v) is 10.3. The molecule has 1 N–H and O–H groups in total. The molecule has 0 atom stereocenters. The third-order valence-electron chi connectivity index (χ3n) is 6.03. The molecule has 4 rings (SSSR count). The van der Waals surface area contributed by atoms with E-state index in [1.165, 1.54) is 6.26 Å². The van der Waals surface area contributed by atoms with Crippen molar-refractivity contribution in [3.63, 3.8) is 0 Å². The number of rotatable bonds is 9. The van der Waals surface area contributed by atoms with Gasteiger partial charge in [-0.15, -0.1) is 0 Å². The molecule has 8 nitrogen and oxygen atoms in total. The van der Waals surface area contributed by atoms with Gasteiger partial charge in [-0.05, 0) is 63.6 Å². The van der Waals surface area contributed by atoms with Gasteiger partial charge in [0.25, 0.3) is 0 Å².